The van der Waals surface area contributed by atoms with Gasteiger partial charge in [0.15, 0.2) is 0 Å². The van der Waals surface area contributed by atoms with Crippen LogP contribution in [0.5, 0.6) is 0 Å². The first-order chi connectivity index (χ1) is 8.33. The van der Waals surface area contributed by atoms with Gasteiger partial charge in [0.05, 0.1) is 12.2 Å². The van der Waals surface area contributed by atoms with Crippen molar-refractivity contribution in [2.45, 2.75) is 12.5 Å². The number of rotatable bonds is 2. The molecule has 1 unspecified atom stereocenters. The quantitative estimate of drug-likeness (QED) is 0.923. The van der Waals surface area contributed by atoms with Gasteiger partial charge in [-0.05, 0) is 25.1 Å². The molecule has 0 spiro atoms. The molecule has 2 aromatic rings. The highest BCUT2D eigenvalue weighted by Crippen LogP contribution is 2.21. The summed E-state index contributed by atoms with van der Waals surface area (Å²) in [5, 5.41) is 11.8. The van der Waals surface area contributed by atoms with Crippen molar-refractivity contribution < 1.29 is 0 Å². The predicted octanol–water partition coefficient (Wildman–Crippen LogP) is 2.24. The summed E-state index contributed by atoms with van der Waals surface area (Å²) in [5.74, 6) is 0. The molecule has 0 radical (unpaired) electrons. The van der Waals surface area contributed by atoms with Crippen LogP contribution in [0.25, 0.3) is 11.3 Å². The van der Waals surface area contributed by atoms with Crippen LogP contribution in [-0.2, 0) is 0 Å². The molecule has 0 bridgehead atoms. The van der Waals surface area contributed by atoms with Crippen molar-refractivity contribution in [1.29, 1.82) is 0 Å². The molecule has 1 atom stereocenters. The van der Waals surface area contributed by atoms with Gasteiger partial charge in [-0.3, -0.25) is 0 Å². The van der Waals surface area contributed by atoms with E-state index in [2.05, 4.69) is 31.6 Å². The van der Waals surface area contributed by atoms with Crippen molar-refractivity contribution >= 4 is 15.9 Å². The number of halogens is 1. The Labute approximate surface area is 108 Å². The Bertz CT molecular complexity index is 499. The number of nitrogens with one attached hydrogen (secondary N) is 1. The molecule has 5 heteroatoms. The average molecular weight is 293 g/mol. The summed E-state index contributed by atoms with van der Waals surface area (Å²) in [4.78, 5) is 0. The summed E-state index contributed by atoms with van der Waals surface area (Å²) in [5.41, 5.74) is 2.04. The van der Waals surface area contributed by atoms with Gasteiger partial charge in [0.25, 0.3) is 0 Å². The van der Waals surface area contributed by atoms with E-state index < -0.39 is 0 Å². The number of benzene rings is 1. The third-order valence-electron chi connectivity index (χ3n) is 3.06. The third-order valence-corrected chi connectivity index (χ3v) is 3.59. The van der Waals surface area contributed by atoms with E-state index >= 15 is 0 Å². The minimum absolute atomic E-state index is 0.451. The van der Waals surface area contributed by atoms with Gasteiger partial charge in [0.1, 0.15) is 5.69 Å². The highest BCUT2D eigenvalue weighted by molar-refractivity contribution is 9.10. The Morgan fingerprint density at radius 2 is 2.12 bits per heavy atom. The number of hydrogen-bond donors (Lipinski definition) is 1. The lowest BCUT2D eigenvalue weighted by Crippen LogP contribution is -2.13. The van der Waals surface area contributed by atoms with E-state index in [4.69, 9.17) is 0 Å². The molecular weight excluding hydrogens is 280 g/mol. The average Bonchev–Trinajstić information content (AvgIpc) is 3.00. The molecule has 1 aromatic heterocycles. The first-order valence-electron chi connectivity index (χ1n) is 5.71. The summed E-state index contributed by atoms with van der Waals surface area (Å²) in [6.07, 6.45) is 3.16. The molecule has 88 valence electrons. The van der Waals surface area contributed by atoms with E-state index in [1.54, 1.807) is 0 Å². The van der Waals surface area contributed by atoms with Crippen molar-refractivity contribution in [3.63, 3.8) is 0 Å². The van der Waals surface area contributed by atoms with E-state index in [0.29, 0.717) is 6.04 Å². The van der Waals surface area contributed by atoms with Gasteiger partial charge in [0.2, 0.25) is 0 Å². The minimum Gasteiger partial charge on any atom is -0.315 e. The minimum atomic E-state index is 0.451. The predicted molar refractivity (Wildman–Crippen MR) is 69.7 cm³/mol. The van der Waals surface area contributed by atoms with Crippen molar-refractivity contribution in [2.24, 2.45) is 0 Å². The summed E-state index contributed by atoms with van der Waals surface area (Å²) < 4.78 is 3.05. The molecule has 1 aliphatic rings. The maximum absolute atomic E-state index is 4.23. The molecule has 1 aliphatic heterocycles. The van der Waals surface area contributed by atoms with Gasteiger partial charge < -0.3 is 5.32 Å². The van der Waals surface area contributed by atoms with E-state index in [1.165, 1.54) is 0 Å². The number of hydrogen-bond acceptors (Lipinski definition) is 3. The van der Waals surface area contributed by atoms with Crippen LogP contribution in [0.2, 0.25) is 0 Å². The Kier molecular flexibility index (Phi) is 2.94. The van der Waals surface area contributed by atoms with Crippen LogP contribution in [-0.4, -0.2) is 28.1 Å². The van der Waals surface area contributed by atoms with Crippen LogP contribution in [0.1, 0.15) is 12.5 Å². The SMILES string of the molecule is Brc1ccc(-c2cn(C3CCNC3)nn2)cc1. The number of aromatic nitrogens is 3. The van der Waals surface area contributed by atoms with E-state index in [-0.39, 0.29) is 0 Å². The van der Waals surface area contributed by atoms with Crippen molar-refractivity contribution in [3.8, 4) is 11.3 Å². The maximum Gasteiger partial charge on any atom is 0.113 e. The van der Waals surface area contributed by atoms with Crippen molar-refractivity contribution in [1.82, 2.24) is 20.3 Å². The maximum atomic E-state index is 4.23. The number of nitrogens with zero attached hydrogens (tertiary/aromatic N) is 3. The summed E-state index contributed by atoms with van der Waals surface area (Å²) >= 11 is 3.43. The molecule has 0 saturated carbocycles. The molecule has 17 heavy (non-hydrogen) atoms. The molecule has 2 heterocycles. The van der Waals surface area contributed by atoms with Gasteiger partial charge in [-0.1, -0.05) is 33.3 Å². The fraction of sp³-hybridized carbons (Fsp3) is 0.333. The summed E-state index contributed by atoms with van der Waals surface area (Å²) in [6.45, 7) is 2.06. The zero-order chi connectivity index (χ0) is 11.7. The van der Waals surface area contributed by atoms with Gasteiger partial charge in [-0.25, -0.2) is 4.68 Å². The Morgan fingerprint density at radius 3 is 2.82 bits per heavy atom. The molecule has 0 aliphatic carbocycles. The second-order valence-electron chi connectivity index (χ2n) is 4.24. The highest BCUT2D eigenvalue weighted by atomic mass is 79.9. The lowest BCUT2D eigenvalue weighted by atomic mass is 10.2. The second-order valence-corrected chi connectivity index (χ2v) is 5.15. The van der Waals surface area contributed by atoms with E-state index in [0.717, 1.165) is 35.2 Å². The Morgan fingerprint density at radius 1 is 1.29 bits per heavy atom. The lowest BCUT2D eigenvalue weighted by Gasteiger charge is -2.06. The Hall–Kier alpha value is -1.20. The topological polar surface area (TPSA) is 42.7 Å². The monoisotopic (exact) mass is 292 g/mol. The van der Waals surface area contributed by atoms with Crippen LogP contribution in [0.4, 0.5) is 0 Å². The molecule has 0 amide bonds. The molecule has 1 aromatic carbocycles. The van der Waals surface area contributed by atoms with Crippen LogP contribution in [0, 0.1) is 0 Å². The molecule has 1 saturated heterocycles. The molecular formula is C12H13BrN4. The normalized spacial score (nSPS) is 19.7. The van der Waals surface area contributed by atoms with E-state index in [1.807, 2.05) is 35.1 Å². The van der Waals surface area contributed by atoms with Gasteiger partial charge >= 0.3 is 0 Å². The first-order valence-corrected chi connectivity index (χ1v) is 6.51. The third kappa shape index (κ3) is 2.25. The lowest BCUT2D eigenvalue weighted by molar-refractivity contribution is 0.476. The Balaban J connectivity index is 1.86. The van der Waals surface area contributed by atoms with Crippen LogP contribution in [0.15, 0.2) is 34.9 Å². The van der Waals surface area contributed by atoms with Gasteiger partial charge in [-0.2, -0.15) is 0 Å². The standard InChI is InChI=1S/C12H13BrN4/c13-10-3-1-9(2-4-10)12-8-17(16-15-12)11-5-6-14-7-11/h1-4,8,11,14H,5-7H2. The van der Waals surface area contributed by atoms with E-state index in [9.17, 15) is 0 Å². The van der Waals surface area contributed by atoms with Gasteiger partial charge in [0, 0.05) is 16.6 Å². The highest BCUT2D eigenvalue weighted by Gasteiger charge is 2.17. The fourth-order valence-electron chi connectivity index (χ4n) is 2.07. The first kappa shape index (κ1) is 10.9. The molecule has 3 rings (SSSR count). The second kappa shape index (κ2) is 4.58. The van der Waals surface area contributed by atoms with Crippen LogP contribution >= 0.6 is 15.9 Å². The molecule has 4 nitrogen and oxygen atoms in total. The van der Waals surface area contributed by atoms with Crippen LogP contribution in [0.3, 0.4) is 0 Å². The van der Waals surface area contributed by atoms with Crippen molar-refractivity contribution in [2.75, 3.05) is 13.1 Å². The van der Waals surface area contributed by atoms with Crippen LogP contribution < -0.4 is 5.32 Å². The fourth-order valence-corrected chi connectivity index (χ4v) is 2.34. The zero-order valence-electron chi connectivity index (χ0n) is 9.31. The van der Waals surface area contributed by atoms with Gasteiger partial charge in [-0.15, -0.1) is 5.10 Å². The summed E-state index contributed by atoms with van der Waals surface area (Å²) in [7, 11) is 0. The summed E-state index contributed by atoms with van der Waals surface area (Å²) in [6, 6.07) is 8.58. The largest absolute Gasteiger partial charge is 0.315 e. The van der Waals surface area contributed by atoms with Crippen molar-refractivity contribution in [3.05, 3.63) is 34.9 Å². The smallest absolute Gasteiger partial charge is 0.113 e. The molecule has 1 fully saturated rings. The zero-order valence-corrected chi connectivity index (χ0v) is 10.9. The molecule has 1 N–H and O–H groups in total.